The second-order valence-electron chi connectivity index (χ2n) is 7.08. The van der Waals surface area contributed by atoms with E-state index in [9.17, 15) is 18.0 Å². The third-order valence-electron chi connectivity index (χ3n) is 5.56. The fourth-order valence-electron chi connectivity index (χ4n) is 4.07. The minimum absolute atomic E-state index is 0.0320. The highest BCUT2D eigenvalue weighted by Crippen LogP contribution is 2.59. The van der Waals surface area contributed by atoms with Crippen LogP contribution in [0.1, 0.15) is 31.4 Å². The maximum Gasteiger partial charge on any atom is 0.433 e. The maximum atomic E-state index is 12.8. The van der Waals surface area contributed by atoms with E-state index >= 15 is 0 Å². The van der Waals surface area contributed by atoms with E-state index in [1.165, 1.54) is 0 Å². The van der Waals surface area contributed by atoms with Crippen LogP contribution in [0.2, 0.25) is 0 Å². The third-order valence-corrected chi connectivity index (χ3v) is 5.56. The number of carbonyl (C=O) groups is 1. The van der Waals surface area contributed by atoms with Gasteiger partial charge in [0.15, 0.2) is 0 Å². The van der Waals surface area contributed by atoms with Crippen LogP contribution in [0.4, 0.5) is 19.0 Å². The zero-order chi connectivity index (χ0) is 16.9. The van der Waals surface area contributed by atoms with E-state index in [2.05, 4.69) is 9.97 Å². The Kier molecular flexibility index (Phi) is 3.47. The molecule has 5 nitrogen and oxygen atoms in total. The summed E-state index contributed by atoms with van der Waals surface area (Å²) in [4.78, 5) is 23.6. The molecule has 2 unspecified atom stereocenters. The van der Waals surface area contributed by atoms with Crippen molar-refractivity contribution < 1.29 is 18.0 Å². The summed E-state index contributed by atoms with van der Waals surface area (Å²) in [5, 5.41) is 0. The minimum atomic E-state index is -4.47. The van der Waals surface area contributed by atoms with Crippen molar-refractivity contribution in [3.63, 3.8) is 0 Å². The number of aromatic nitrogens is 2. The molecule has 1 aliphatic carbocycles. The van der Waals surface area contributed by atoms with Crippen LogP contribution in [0.5, 0.6) is 0 Å². The first-order valence-electron chi connectivity index (χ1n) is 8.32. The lowest BCUT2D eigenvalue weighted by Crippen LogP contribution is -2.31. The van der Waals surface area contributed by atoms with Gasteiger partial charge in [-0.05, 0) is 25.7 Å². The lowest BCUT2D eigenvalue weighted by Gasteiger charge is -2.19. The highest BCUT2D eigenvalue weighted by Gasteiger charge is 2.61. The van der Waals surface area contributed by atoms with Gasteiger partial charge in [-0.2, -0.15) is 13.2 Å². The Bertz CT molecular complexity index is 659. The van der Waals surface area contributed by atoms with Crippen LogP contribution in [0.15, 0.2) is 12.4 Å². The number of rotatable bonds is 2. The van der Waals surface area contributed by atoms with Gasteiger partial charge in [-0.1, -0.05) is 0 Å². The van der Waals surface area contributed by atoms with Gasteiger partial charge in [0.1, 0.15) is 17.8 Å². The Morgan fingerprint density at radius 3 is 2.67 bits per heavy atom. The summed E-state index contributed by atoms with van der Waals surface area (Å²) >= 11 is 0. The fourth-order valence-corrected chi connectivity index (χ4v) is 4.07. The number of hydrogen-bond acceptors (Lipinski definition) is 4. The molecule has 1 saturated carbocycles. The number of likely N-dealkylation sites (tertiary alicyclic amines) is 1. The summed E-state index contributed by atoms with van der Waals surface area (Å²) in [6.45, 7) is 2.93. The SMILES string of the molecule is O=C(C1CC12CCN(c1cc(C(F)(F)F)ncn1)C2)N1CCCC1. The minimum Gasteiger partial charge on any atom is -0.356 e. The van der Waals surface area contributed by atoms with Crippen LogP contribution in [0.25, 0.3) is 0 Å². The number of alkyl halides is 3. The van der Waals surface area contributed by atoms with E-state index in [1.807, 2.05) is 9.80 Å². The molecule has 1 spiro atoms. The molecule has 1 aromatic heterocycles. The number of carbonyl (C=O) groups excluding carboxylic acids is 1. The van der Waals surface area contributed by atoms with Crippen molar-refractivity contribution in [1.82, 2.24) is 14.9 Å². The van der Waals surface area contributed by atoms with Gasteiger partial charge in [-0.25, -0.2) is 9.97 Å². The number of amides is 1. The van der Waals surface area contributed by atoms with Crippen LogP contribution in [0.3, 0.4) is 0 Å². The van der Waals surface area contributed by atoms with Gasteiger partial charge in [-0.15, -0.1) is 0 Å². The molecule has 2 saturated heterocycles. The molecule has 3 heterocycles. The van der Waals surface area contributed by atoms with E-state index < -0.39 is 11.9 Å². The molecule has 2 atom stereocenters. The highest BCUT2D eigenvalue weighted by molar-refractivity contribution is 5.83. The normalized spacial score (nSPS) is 29.5. The van der Waals surface area contributed by atoms with Gasteiger partial charge in [0.25, 0.3) is 0 Å². The molecule has 0 N–H and O–H groups in total. The molecular formula is C16H19F3N4O. The van der Waals surface area contributed by atoms with Crippen LogP contribution in [0, 0.1) is 11.3 Å². The predicted molar refractivity (Wildman–Crippen MR) is 80.2 cm³/mol. The lowest BCUT2D eigenvalue weighted by atomic mass is 10.0. The largest absolute Gasteiger partial charge is 0.433 e. The van der Waals surface area contributed by atoms with E-state index in [0.717, 1.165) is 51.2 Å². The zero-order valence-electron chi connectivity index (χ0n) is 13.2. The molecule has 24 heavy (non-hydrogen) atoms. The predicted octanol–water partition coefficient (Wildman–Crippen LogP) is 2.33. The van der Waals surface area contributed by atoms with Gasteiger partial charge in [0.2, 0.25) is 5.91 Å². The van der Waals surface area contributed by atoms with Gasteiger partial charge in [0.05, 0.1) is 0 Å². The monoisotopic (exact) mass is 340 g/mol. The van der Waals surface area contributed by atoms with Gasteiger partial charge in [0, 0.05) is 43.6 Å². The fraction of sp³-hybridized carbons (Fsp3) is 0.688. The number of hydrogen-bond donors (Lipinski definition) is 0. The molecule has 2 aliphatic heterocycles. The second kappa shape index (κ2) is 5.32. The summed E-state index contributed by atoms with van der Waals surface area (Å²) in [6.07, 6.45) is 0.308. The molecular weight excluding hydrogens is 321 g/mol. The molecule has 1 amide bonds. The number of halogens is 3. The van der Waals surface area contributed by atoms with Crippen LogP contribution >= 0.6 is 0 Å². The van der Waals surface area contributed by atoms with Crippen molar-refractivity contribution in [1.29, 1.82) is 0 Å². The maximum absolute atomic E-state index is 12.8. The van der Waals surface area contributed by atoms with Gasteiger partial charge < -0.3 is 9.80 Å². The smallest absolute Gasteiger partial charge is 0.356 e. The van der Waals surface area contributed by atoms with E-state index in [1.54, 1.807) is 0 Å². The van der Waals surface area contributed by atoms with Crippen LogP contribution in [-0.2, 0) is 11.0 Å². The topological polar surface area (TPSA) is 49.3 Å². The molecule has 1 aromatic rings. The molecule has 0 radical (unpaired) electrons. The second-order valence-corrected chi connectivity index (χ2v) is 7.08. The third kappa shape index (κ3) is 2.61. The molecule has 4 rings (SSSR count). The van der Waals surface area contributed by atoms with Crippen molar-refractivity contribution >= 4 is 11.7 Å². The Hall–Kier alpha value is -1.86. The standard InChI is InChI=1S/C16H19F3N4O/c17-16(18,19)12-7-13(21-10-20-12)23-6-3-15(9-23)8-11(15)14(24)22-4-1-2-5-22/h7,10-11H,1-6,8-9H2. The van der Waals surface area contributed by atoms with Crippen molar-refractivity contribution in [2.45, 2.75) is 31.9 Å². The average Bonchev–Trinajstić information content (AvgIpc) is 2.94. The van der Waals surface area contributed by atoms with Crippen molar-refractivity contribution in [3.05, 3.63) is 18.1 Å². The van der Waals surface area contributed by atoms with Gasteiger partial charge in [-0.3, -0.25) is 4.79 Å². The first-order chi connectivity index (χ1) is 11.4. The number of anilines is 1. The molecule has 3 fully saturated rings. The average molecular weight is 340 g/mol. The molecule has 130 valence electrons. The molecule has 3 aliphatic rings. The summed E-state index contributed by atoms with van der Waals surface area (Å²) < 4.78 is 38.4. The Labute approximate surface area is 137 Å². The summed E-state index contributed by atoms with van der Waals surface area (Å²) in [6, 6.07) is 0.999. The van der Waals surface area contributed by atoms with E-state index in [4.69, 9.17) is 0 Å². The first-order valence-corrected chi connectivity index (χ1v) is 8.32. The zero-order valence-corrected chi connectivity index (χ0v) is 13.2. The van der Waals surface area contributed by atoms with Crippen molar-refractivity contribution in [2.24, 2.45) is 11.3 Å². The van der Waals surface area contributed by atoms with Gasteiger partial charge >= 0.3 is 6.18 Å². The van der Waals surface area contributed by atoms with Crippen molar-refractivity contribution in [3.8, 4) is 0 Å². The van der Waals surface area contributed by atoms with Crippen molar-refractivity contribution in [2.75, 3.05) is 31.1 Å². The van der Waals surface area contributed by atoms with Crippen LogP contribution in [-0.4, -0.2) is 47.0 Å². The molecule has 0 bridgehead atoms. The number of nitrogens with zero attached hydrogens (tertiary/aromatic N) is 4. The summed E-state index contributed by atoms with van der Waals surface area (Å²) in [5.74, 6) is 0.561. The summed E-state index contributed by atoms with van der Waals surface area (Å²) in [5.41, 5.74) is -0.989. The Balaban J connectivity index is 1.45. The molecule has 0 aromatic carbocycles. The highest BCUT2D eigenvalue weighted by atomic mass is 19.4. The molecule has 8 heteroatoms. The van der Waals surface area contributed by atoms with E-state index in [0.29, 0.717) is 18.9 Å². The Morgan fingerprint density at radius 1 is 1.21 bits per heavy atom. The first kappa shape index (κ1) is 15.7. The quantitative estimate of drug-likeness (QED) is 0.829. The van der Waals surface area contributed by atoms with Crippen LogP contribution < -0.4 is 4.90 Å². The lowest BCUT2D eigenvalue weighted by molar-refractivity contribution is -0.141. The Morgan fingerprint density at radius 2 is 1.96 bits per heavy atom. The summed E-state index contributed by atoms with van der Waals surface area (Å²) in [7, 11) is 0. The van der Waals surface area contributed by atoms with E-state index in [-0.39, 0.29) is 17.2 Å².